The summed E-state index contributed by atoms with van der Waals surface area (Å²) in [6, 6.07) is 4.83. The van der Waals surface area contributed by atoms with Crippen LogP contribution in [0.25, 0.3) is 0 Å². The monoisotopic (exact) mass is 426 g/mol. The lowest BCUT2D eigenvalue weighted by molar-refractivity contribution is -0.146. The maximum Gasteiger partial charge on any atom is 0.313 e. The van der Waals surface area contributed by atoms with Crippen molar-refractivity contribution in [3.05, 3.63) is 41.7 Å². The fourth-order valence-electron chi connectivity index (χ4n) is 3.65. The van der Waals surface area contributed by atoms with Gasteiger partial charge in [-0.2, -0.15) is 0 Å². The zero-order valence-electron chi connectivity index (χ0n) is 17.7. The Hall–Kier alpha value is -3.69. The zero-order valence-corrected chi connectivity index (χ0v) is 17.7. The van der Waals surface area contributed by atoms with Crippen LogP contribution < -0.4 is 21.1 Å². The second kappa shape index (κ2) is 9.41. The number of likely N-dealkylation sites (tertiary alicyclic amines) is 1. The minimum Gasteiger partial charge on any atom is -0.480 e. The molecule has 0 aromatic carbocycles. The van der Waals surface area contributed by atoms with Crippen molar-refractivity contribution in [2.75, 3.05) is 31.3 Å². The first-order chi connectivity index (χ1) is 14.8. The number of anilines is 2. The lowest BCUT2D eigenvalue weighted by Crippen LogP contribution is -2.46. The number of methoxy groups -OCH3 is 1. The average molecular weight is 426 g/mol. The fraction of sp³-hybridized carbons (Fsp3) is 0.381. The molecule has 164 valence electrons. The first-order valence-electron chi connectivity index (χ1n) is 9.93. The molecule has 1 fully saturated rings. The minimum absolute atomic E-state index is 0.00733. The summed E-state index contributed by atoms with van der Waals surface area (Å²) < 4.78 is 4.99. The molecule has 0 spiro atoms. The van der Waals surface area contributed by atoms with Crippen LogP contribution in [0.15, 0.2) is 30.6 Å². The summed E-state index contributed by atoms with van der Waals surface area (Å²) in [4.78, 5) is 47.2. The lowest BCUT2D eigenvalue weighted by atomic mass is 9.90. The molecule has 10 heteroatoms. The molecule has 10 nitrogen and oxygen atoms in total. The Morgan fingerprint density at radius 1 is 1.19 bits per heavy atom. The van der Waals surface area contributed by atoms with Gasteiger partial charge < -0.3 is 26.0 Å². The summed E-state index contributed by atoms with van der Waals surface area (Å²) in [5, 5.41) is 5.47. The molecule has 4 N–H and O–H groups in total. The number of nitrogens with two attached hydrogens (primary N) is 1. The third-order valence-corrected chi connectivity index (χ3v) is 5.27. The third-order valence-electron chi connectivity index (χ3n) is 5.27. The highest BCUT2D eigenvalue weighted by atomic mass is 16.5. The number of piperidine rings is 1. The molecular weight excluding hydrogens is 400 g/mol. The number of carbonyl (C=O) groups is 3. The van der Waals surface area contributed by atoms with Crippen LogP contribution in [0.2, 0.25) is 0 Å². The van der Waals surface area contributed by atoms with Gasteiger partial charge in [0.25, 0.3) is 5.91 Å². The first-order valence-corrected chi connectivity index (χ1v) is 9.93. The van der Waals surface area contributed by atoms with E-state index in [2.05, 4.69) is 20.6 Å². The Morgan fingerprint density at radius 3 is 2.58 bits per heavy atom. The molecule has 0 saturated carbocycles. The lowest BCUT2D eigenvalue weighted by Gasteiger charge is -2.38. The standard InChI is InChI=1S/C21H26N6O4/c1-12-4-6-16(13-5-7-17(23-2)24-9-13)27(11-12)21(30)19(29)26-14-8-15(18(22)28)20(31-3)25-10-14/h5,7-10,12,16H,4,6,11H2,1-3H3,(H2,22,28)(H,23,24)(H,26,29)/t12-,16?/m1/s1. The van der Waals surface area contributed by atoms with Crippen molar-refractivity contribution < 1.29 is 19.1 Å². The predicted octanol–water partition coefficient (Wildman–Crippen LogP) is 1.56. The summed E-state index contributed by atoms with van der Waals surface area (Å²) in [7, 11) is 3.13. The van der Waals surface area contributed by atoms with Crippen molar-refractivity contribution in [1.29, 1.82) is 0 Å². The number of ether oxygens (including phenoxy) is 1. The van der Waals surface area contributed by atoms with Crippen LogP contribution in [0, 0.1) is 5.92 Å². The molecule has 3 amide bonds. The number of aromatic nitrogens is 2. The highest BCUT2D eigenvalue weighted by Gasteiger charge is 2.34. The van der Waals surface area contributed by atoms with Gasteiger partial charge in [-0.05, 0) is 36.5 Å². The van der Waals surface area contributed by atoms with Crippen LogP contribution in [-0.2, 0) is 9.59 Å². The third kappa shape index (κ3) is 4.90. The van der Waals surface area contributed by atoms with Crippen LogP contribution in [0.1, 0.15) is 41.7 Å². The number of rotatable bonds is 5. The van der Waals surface area contributed by atoms with Gasteiger partial charge in [-0.1, -0.05) is 13.0 Å². The Morgan fingerprint density at radius 2 is 1.97 bits per heavy atom. The fourth-order valence-corrected chi connectivity index (χ4v) is 3.65. The van der Waals surface area contributed by atoms with Gasteiger partial charge >= 0.3 is 11.8 Å². The van der Waals surface area contributed by atoms with Gasteiger partial charge in [0.1, 0.15) is 11.4 Å². The Labute approximate surface area is 180 Å². The number of nitrogens with one attached hydrogen (secondary N) is 2. The van der Waals surface area contributed by atoms with E-state index in [-0.39, 0.29) is 29.1 Å². The number of primary amides is 1. The highest BCUT2D eigenvalue weighted by molar-refractivity contribution is 6.39. The van der Waals surface area contributed by atoms with Gasteiger partial charge in [0.15, 0.2) is 0 Å². The number of nitrogens with zero attached hydrogens (tertiary/aromatic N) is 3. The van der Waals surface area contributed by atoms with Gasteiger partial charge in [-0.15, -0.1) is 0 Å². The van der Waals surface area contributed by atoms with E-state index in [1.807, 2.05) is 19.1 Å². The van der Waals surface area contributed by atoms with Crippen LogP contribution in [0.3, 0.4) is 0 Å². The van der Waals surface area contributed by atoms with Gasteiger partial charge in [-0.3, -0.25) is 14.4 Å². The van der Waals surface area contributed by atoms with Gasteiger partial charge in [0.05, 0.1) is 25.0 Å². The number of carbonyl (C=O) groups excluding carboxylic acids is 3. The molecular formula is C21H26N6O4. The van der Waals surface area contributed by atoms with E-state index in [4.69, 9.17) is 10.5 Å². The number of pyridine rings is 2. The summed E-state index contributed by atoms with van der Waals surface area (Å²) in [5.41, 5.74) is 6.38. The largest absolute Gasteiger partial charge is 0.480 e. The van der Waals surface area contributed by atoms with E-state index in [0.717, 1.165) is 24.2 Å². The molecule has 31 heavy (non-hydrogen) atoms. The molecule has 1 aliphatic heterocycles. The normalized spacial score (nSPS) is 18.2. The second-order valence-electron chi connectivity index (χ2n) is 7.48. The van der Waals surface area contributed by atoms with Crippen molar-refractivity contribution in [3.63, 3.8) is 0 Å². The van der Waals surface area contributed by atoms with Crippen molar-refractivity contribution >= 4 is 29.2 Å². The van der Waals surface area contributed by atoms with Crippen LogP contribution in [0.5, 0.6) is 5.88 Å². The van der Waals surface area contributed by atoms with E-state index >= 15 is 0 Å². The molecule has 0 bridgehead atoms. The number of hydrogen-bond acceptors (Lipinski definition) is 7. The highest BCUT2D eigenvalue weighted by Crippen LogP contribution is 2.33. The van der Waals surface area contributed by atoms with Crippen molar-refractivity contribution in [3.8, 4) is 5.88 Å². The first kappa shape index (κ1) is 22.0. The molecule has 1 aliphatic rings. The van der Waals surface area contributed by atoms with Crippen molar-refractivity contribution in [2.45, 2.75) is 25.8 Å². The molecule has 2 aromatic heterocycles. The molecule has 2 atom stereocenters. The minimum atomic E-state index is -0.818. The topological polar surface area (TPSA) is 140 Å². The molecule has 0 radical (unpaired) electrons. The van der Waals surface area contributed by atoms with E-state index < -0.39 is 17.7 Å². The summed E-state index contributed by atoms with van der Waals surface area (Å²) in [6.45, 7) is 2.50. The SMILES string of the molecule is CNc1ccc(C2CC[C@@H](C)CN2C(=O)C(=O)Nc2cnc(OC)c(C(N)=O)c2)cn1. The molecule has 3 rings (SSSR count). The Balaban J connectivity index is 1.80. The second-order valence-corrected chi connectivity index (χ2v) is 7.48. The van der Waals surface area contributed by atoms with E-state index in [1.54, 1.807) is 18.1 Å². The summed E-state index contributed by atoms with van der Waals surface area (Å²) in [5.74, 6) is -1.21. The summed E-state index contributed by atoms with van der Waals surface area (Å²) in [6.07, 6.45) is 4.69. The summed E-state index contributed by atoms with van der Waals surface area (Å²) >= 11 is 0. The predicted molar refractivity (Wildman–Crippen MR) is 115 cm³/mol. The molecule has 0 aliphatic carbocycles. The molecule has 3 heterocycles. The number of amides is 3. The van der Waals surface area contributed by atoms with Crippen LogP contribution in [0.4, 0.5) is 11.5 Å². The molecule has 1 unspecified atom stereocenters. The van der Waals surface area contributed by atoms with Gasteiger partial charge in [-0.25, -0.2) is 9.97 Å². The molecule has 1 saturated heterocycles. The Bertz CT molecular complexity index is 978. The van der Waals surface area contributed by atoms with Crippen molar-refractivity contribution in [1.82, 2.24) is 14.9 Å². The Kier molecular flexibility index (Phi) is 6.68. The number of hydrogen-bond donors (Lipinski definition) is 3. The van der Waals surface area contributed by atoms with Crippen molar-refractivity contribution in [2.24, 2.45) is 11.7 Å². The average Bonchev–Trinajstić information content (AvgIpc) is 2.78. The van der Waals surface area contributed by atoms with E-state index in [1.165, 1.54) is 19.4 Å². The zero-order chi connectivity index (χ0) is 22.5. The van der Waals surface area contributed by atoms with Crippen LogP contribution in [-0.4, -0.2) is 53.3 Å². The molecule has 2 aromatic rings. The van der Waals surface area contributed by atoms with Gasteiger partial charge in [0.2, 0.25) is 5.88 Å². The van der Waals surface area contributed by atoms with E-state index in [9.17, 15) is 14.4 Å². The van der Waals surface area contributed by atoms with Crippen LogP contribution >= 0.6 is 0 Å². The maximum atomic E-state index is 13.0. The van der Waals surface area contributed by atoms with E-state index in [0.29, 0.717) is 6.54 Å². The van der Waals surface area contributed by atoms with Gasteiger partial charge in [0, 0.05) is 19.8 Å². The smallest absolute Gasteiger partial charge is 0.313 e. The maximum absolute atomic E-state index is 13.0. The quantitative estimate of drug-likeness (QED) is 0.617.